The summed E-state index contributed by atoms with van der Waals surface area (Å²) in [5.74, 6) is 0.380. The first-order chi connectivity index (χ1) is 20.2. The highest BCUT2D eigenvalue weighted by atomic mass is 16.7. The molecule has 0 aliphatic heterocycles. The number of carbonyl (C=O) groups is 4. The van der Waals surface area contributed by atoms with Crippen LogP contribution in [0.5, 0.6) is 0 Å². The van der Waals surface area contributed by atoms with E-state index in [1.54, 1.807) is 25.7 Å². The van der Waals surface area contributed by atoms with Crippen molar-refractivity contribution in [1.29, 1.82) is 0 Å². The van der Waals surface area contributed by atoms with Gasteiger partial charge in [-0.15, -0.1) is 0 Å². The van der Waals surface area contributed by atoms with Crippen molar-refractivity contribution >= 4 is 24.0 Å². The number of esters is 1. The quantitative estimate of drug-likeness (QED) is 0.0972. The summed E-state index contributed by atoms with van der Waals surface area (Å²) in [7, 11) is 0. The normalized spacial score (nSPS) is 24.6. The molecule has 4 bridgehead atoms. The van der Waals surface area contributed by atoms with E-state index in [1.165, 1.54) is 43.3 Å². The number of hydrogen-bond acceptors (Lipinski definition) is 7. The van der Waals surface area contributed by atoms with E-state index in [1.807, 2.05) is 0 Å². The Balaban J connectivity index is 0.000000708. The third-order valence-electron chi connectivity index (χ3n) is 8.39. The maximum absolute atomic E-state index is 13.0. The molecule has 0 heterocycles. The van der Waals surface area contributed by atoms with Gasteiger partial charge in [-0.25, -0.2) is 14.4 Å². The number of carboxylic acid groups (broad SMARTS) is 2. The summed E-state index contributed by atoms with van der Waals surface area (Å²) in [5, 5.41) is 19.4. The van der Waals surface area contributed by atoms with Crippen molar-refractivity contribution in [2.45, 2.75) is 98.8 Å². The number of amides is 1. The van der Waals surface area contributed by atoms with E-state index in [9.17, 15) is 19.2 Å². The van der Waals surface area contributed by atoms with Gasteiger partial charge < -0.3 is 29.9 Å². The molecule has 4 saturated carbocycles. The van der Waals surface area contributed by atoms with Crippen molar-refractivity contribution in [2.24, 2.45) is 29.6 Å². The average molecular weight is 605 g/mol. The largest absolute Gasteiger partial charge is 0.478 e. The molecule has 4 fully saturated rings. The minimum atomic E-state index is -1.26. The van der Waals surface area contributed by atoms with Gasteiger partial charge in [0.2, 0.25) is 6.29 Å². The first-order valence-corrected chi connectivity index (χ1v) is 15.6. The molecule has 0 aromatic carbocycles. The molecule has 0 radical (unpaired) electrons. The van der Waals surface area contributed by atoms with Crippen molar-refractivity contribution < 1.29 is 38.9 Å². The summed E-state index contributed by atoms with van der Waals surface area (Å²) in [6.45, 7) is 13.3. The van der Waals surface area contributed by atoms with Crippen LogP contribution in [0, 0.1) is 29.6 Å². The van der Waals surface area contributed by atoms with Gasteiger partial charge in [-0.2, -0.15) is 0 Å². The number of allylic oxidation sites excluding steroid dienone is 3. The SMILES string of the molecule is CC(C)=CCC/C(C)=C/CN(CCNC1C2CC3CC(C2)CC1C3)C(=O)OC(C)OC(=O)C(C)C.O=C(O)/C=C\C(=O)O. The van der Waals surface area contributed by atoms with Gasteiger partial charge in [0.1, 0.15) is 0 Å². The van der Waals surface area contributed by atoms with Crippen LogP contribution in [0.3, 0.4) is 0 Å². The Morgan fingerprint density at radius 2 is 1.42 bits per heavy atom. The molecule has 10 heteroatoms. The zero-order valence-electron chi connectivity index (χ0n) is 26.7. The van der Waals surface area contributed by atoms with Crippen LogP contribution in [-0.2, 0) is 23.9 Å². The van der Waals surface area contributed by atoms with Gasteiger partial charge in [0.15, 0.2) is 0 Å². The zero-order valence-corrected chi connectivity index (χ0v) is 26.7. The maximum atomic E-state index is 13.0. The van der Waals surface area contributed by atoms with Gasteiger partial charge >= 0.3 is 24.0 Å². The summed E-state index contributed by atoms with van der Waals surface area (Å²) in [5.41, 5.74) is 2.58. The van der Waals surface area contributed by atoms with Crippen LogP contribution in [0.4, 0.5) is 4.79 Å². The van der Waals surface area contributed by atoms with Gasteiger partial charge in [0.05, 0.1) is 5.92 Å². The number of carbonyl (C=O) groups excluding carboxylic acids is 2. The zero-order chi connectivity index (χ0) is 32.1. The summed E-state index contributed by atoms with van der Waals surface area (Å²) >= 11 is 0. The summed E-state index contributed by atoms with van der Waals surface area (Å²) in [6, 6.07) is 0.591. The van der Waals surface area contributed by atoms with Crippen molar-refractivity contribution in [2.75, 3.05) is 19.6 Å². The molecule has 3 N–H and O–H groups in total. The highest BCUT2D eigenvalue weighted by Crippen LogP contribution is 2.53. The fraction of sp³-hybridized carbons (Fsp3) is 0.697. The monoisotopic (exact) mass is 604 g/mol. The number of ether oxygens (including phenoxy) is 2. The van der Waals surface area contributed by atoms with Gasteiger partial charge in [0, 0.05) is 44.8 Å². The smallest absolute Gasteiger partial charge is 0.413 e. The number of nitrogens with one attached hydrogen (secondary N) is 1. The molecule has 1 amide bonds. The van der Waals surface area contributed by atoms with Crippen LogP contribution in [0.25, 0.3) is 0 Å². The van der Waals surface area contributed by atoms with Crippen LogP contribution >= 0.6 is 0 Å². The Kier molecular flexibility index (Phi) is 15.0. The average Bonchev–Trinajstić information content (AvgIpc) is 2.90. The lowest BCUT2D eigenvalue weighted by atomic mass is 9.54. The van der Waals surface area contributed by atoms with Gasteiger partial charge in [-0.05, 0) is 89.4 Å². The molecular formula is C33H52N2O8. The van der Waals surface area contributed by atoms with E-state index in [0.29, 0.717) is 31.3 Å². The van der Waals surface area contributed by atoms with Crippen molar-refractivity contribution in [3.05, 3.63) is 35.5 Å². The van der Waals surface area contributed by atoms with E-state index in [0.717, 1.165) is 43.1 Å². The minimum absolute atomic E-state index is 0.260. The molecule has 4 aliphatic rings. The van der Waals surface area contributed by atoms with Crippen molar-refractivity contribution in [3.63, 3.8) is 0 Å². The van der Waals surface area contributed by atoms with E-state index in [-0.39, 0.29) is 11.9 Å². The Bertz CT molecular complexity index is 1000. The first kappa shape index (κ1) is 36.1. The van der Waals surface area contributed by atoms with E-state index in [2.05, 4.69) is 38.2 Å². The van der Waals surface area contributed by atoms with Crippen LogP contribution in [0.1, 0.15) is 86.5 Å². The van der Waals surface area contributed by atoms with Crippen LogP contribution in [0.15, 0.2) is 35.5 Å². The molecule has 1 atom stereocenters. The minimum Gasteiger partial charge on any atom is -0.478 e. The Morgan fingerprint density at radius 3 is 1.91 bits per heavy atom. The molecule has 242 valence electrons. The van der Waals surface area contributed by atoms with Crippen molar-refractivity contribution in [1.82, 2.24) is 10.2 Å². The first-order valence-electron chi connectivity index (χ1n) is 15.6. The number of rotatable bonds is 14. The van der Waals surface area contributed by atoms with E-state index in [4.69, 9.17) is 19.7 Å². The van der Waals surface area contributed by atoms with Crippen LogP contribution in [-0.4, -0.2) is 71.1 Å². The Hall–Kier alpha value is -3.14. The summed E-state index contributed by atoms with van der Waals surface area (Å²) in [6.07, 6.45) is 13.1. The molecule has 0 saturated heterocycles. The third kappa shape index (κ3) is 13.4. The maximum Gasteiger partial charge on any atom is 0.413 e. The highest BCUT2D eigenvalue weighted by Gasteiger charge is 2.47. The molecule has 1 unspecified atom stereocenters. The van der Waals surface area contributed by atoms with Crippen LogP contribution < -0.4 is 5.32 Å². The fourth-order valence-electron chi connectivity index (χ4n) is 6.52. The standard InChI is InChI=1S/C29H48N2O4.C4H4O4/c1-19(2)8-7-9-21(5)10-12-31(29(33)35-22(6)34-28(32)20(3)4)13-11-30-27-25-15-23-14-24(17-25)18-26(27)16-23;5-3(6)1-2-4(7)8/h8,10,20,22-27,30H,7,9,11-18H2,1-6H3;1-2H,(H,5,6)(H,7,8)/b21-10+;2-1-. The lowest BCUT2D eigenvalue weighted by Gasteiger charge is -2.54. The van der Waals surface area contributed by atoms with Gasteiger partial charge in [0.25, 0.3) is 0 Å². The molecule has 0 spiro atoms. The highest BCUT2D eigenvalue weighted by molar-refractivity contribution is 5.89. The predicted octanol–water partition coefficient (Wildman–Crippen LogP) is 5.79. The number of hydrogen-bond donors (Lipinski definition) is 3. The predicted molar refractivity (Wildman–Crippen MR) is 164 cm³/mol. The number of carboxylic acids is 2. The van der Waals surface area contributed by atoms with Gasteiger partial charge in [-0.3, -0.25) is 4.79 Å². The topological polar surface area (TPSA) is 142 Å². The molecule has 0 aromatic rings. The lowest BCUT2D eigenvalue weighted by molar-refractivity contribution is -0.169. The second-order valence-electron chi connectivity index (χ2n) is 12.8. The lowest BCUT2D eigenvalue weighted by Crippen LogP contribution is -2.55. The fourth-order valence-corrected chi connectivity index (χ4v) is 6.52. The molecule has 43 heavy (non-hydrogen) atoms. The molecule has 0 aromatic heterocycles. The van der Waals surface area contributed by atoms with E-state index >= 15 is 0 Å². The second-order valence-corrected chi connectivity index (χ2v) is 12.8. The van der Waals surface area contributed by atoms with E-state index < -0.39 is 24.3 Å². The van der Waals surface area contributed by atoms with Crippen molar-refractivity contribution in [3.8, 4) is 0 Å². The van der Waals surface area contributed by atoms with Crippen LogP contribution in [0.2, 0.25) is 0 Å². The molecule has 4 rings (SSSR count). The molecular weight excluding hydrogens is 552 g/mol. The Morgan fingerprint density at radius 1 is 0.860 bits per heavy atom. The molecule has 4 aliphatic carbocycles. The third-order valence-corrected chi connectivity index (χ3v) is 8.39. The summed E-state index contributed by atoms with van der Waals surface area (Å²) < 4.78 is 10.7. The number of aliphatic carboxylic acids is 2. The summed E-state index contributed by atoms with van der Waals surface area (Å²) in [4.78, 5) is 45.7. The second kappa shape index (κ2) is 17.9. The van der Waals surface area contributed by atoms with Gasteiger partial charge in [-0.1, -0.05) is 37.1 Å². The molecule has 10 nitrogen and oxygen atoms in total. The number of nitrogens with zero attached hydrogens (tertiary/aromatic N) is 1. The Labute approximate surface area is 256 Å².